The molecule has 4 aliphatic heterocycles. The highest BCUT2D eigenvalue weighted by atomic mass is 16.7. The Balaban J connectivity index is 1.55. The van der Waals surface area contributed by atoms with Crippen molar-refractivity contribution in [2.75, 3.05) is 41.1 Å². The van der Waals surface area contributed by atoms with Crippen LogP contribution in [0.1, 0.15) is 105 Å². The van der Waals surface area contributed by atoms with Crippen molar-refractivity contribution in [3.8, 4) is 0 Å². The number of methoxy groups -OCH3 is 3. The van der Waals surface area contributed by atoms with Crippen LogP contribution in [0.3, 0.4) is 0 Å². The van der Waals surface area contributed by atoms with Crippen molar-refractivity contribution in [2.24, 2.45) is 29.6 Å². The number of rotatable bonds is 8. The SMILES string of the molecule is CO[C@H]1C[C@@H](C)C/C(C)=C/[C@@H](C/C=C/C2(O)COC2)C(=O)C[C@H](O)[C@@H](C)[C@@H](/C(C)=C/[C@@H]2CC[C@@H](O)[C@H](OC)C2)OC(=O)C2CCCCN2C(=O)C(=O)[C@]2(O)O[C@H]1[C@@H](OC)C[C@H]2C. The summed E-state index contributed by atoms with van der Waals surface area (Å²) < 4.78 is 35.1. The first-order chi connectivity index (χ1) is 29.3. The fourth-order valence-electron chi connectivity index (χ4n) is 10.1. The van der Waals surface area contributed by atoms with Crippen molar-refractivity contribution in [2.45, 2.75) is 165 Å². The van der Waals surface area contributed by atoms with Crippen LogP contribution in [-0.4, -0.2) is 150 Å². The molecule has 4 fully saturated rings. The van der Waals surface area contributed by atoms with Gasteiger partial charge in [-0.2, -0.15) is 0 Å². The van der Waals surface area contributed by atoms with Gasteiger partial charge in [-0.1, -0.05) is 50.6 Å². The van der Waals surface area contributed by atoms with E-state index >= 15 is 0 Å². The molecule has 350 valence electrons. The summed E-state index contributed by atoms with van der Waals surface area (Å²) in [6.45, 7) is 9.49. The molecule has 15 heteroatoms. The summed E-state index contributed by atoms with van der Waals surface area (Å²) in [4.78, 5) is 58.5. The number of allylic oxidation sites excluding steroid dienone is 4. The molecule has 15 nitrogen and oxygen atoms in total. The molecular formula is C47H73NO14. The van der Waals surface area contributed by atoms with E-state index in [2.05, 4.69) is 0 Å². The molecule has 4 heterocycles. The number of carbonyl (C=O) groups excluding carboxylic acids is 4. The topological polar surface area (TPSA) is 208 Å². The van der Waals surface area contributed by atoms with Crippen molar-refractivity contribution in [1.82, 2.24) is 4.90 Å². The number of aliphatic hydroxyl groups excluding tert-OH is 2. The maximum absolute atomic E-state index is 14.4. The minimum atomic E-state index is -2.54. The standard InChI is InChI=1S/C47H73NO14/c1-27-18-28(2)20-39(58-7)42-40(59-8)22-30(4)47(56,62-42)43(52)44(53)48-17-10-9-13-34(48)45(54)61-41(29(3)21-32-14-15-35(49)38(23-32)57-6)31(5)36(50)24-37(51)33(19-27)12-11-16-46(55)25-60-26-46/h11,16,19,21,28,30-36,38-42,49-50,55-56H,9-10,12-15,17-18,20,22-26H2,1-8H3/b16-11+,27-19+,29-21+/t28-,30+,31+,32-,33+,34?,35+,36-,38+,39-,40-,41+,42+,47+/m0/s1. The summed E-state index contributed by atoms with van der Waals surface area (Å²) in [7, 11) is 4.59. The molecule has 0 aromatic rings. The normalized spacial score (nSPS) is 40.8. The van der Waals surface area contributed by atoms with Gasteiger partial charge in [0.1, 0.15) is 29.6 Å². The zero-order chi connectivity index (χ0) is 45.5. The highest BCUT2D eigenvalue weighted by Crippen LogP contribution is 2.39. The lowest BCUT2D eigenvalue weighted by molar-refractivity contribution is -0.302. The molecule has 2 bridgehead atoms. The van der Waals surface area contributed by atoms with Crippen LogP contribution in [0.2, 0.25) is 0 Å². The van der Waals surface area contributed by atoms with Gasteiger partial charge in [-0.3, -0.25) is 14.4 Å². The average molecular weight is 876 g/mol. The molecule has 5 aliphatic rings. The van der Waals surface area contributed by atoms with E-state index in [9.17, 15) is 39.6 Å². The van der Waals surface area contributed by atoms with Gasteiger partial charge in [0.25, 0.3) is 11.7 Å². The fraction of sp³-hybridized carbons (Fsp3) is 0.787. The average Bonchev–Trinajstić information content (AvgIpc) is 3.23. The smallest absolute Gasteiger partial charge is 0.329 e. The Hall–Kier alpha value is -2.86. The van der Waals surface area contributed by atoms with Gasteiger partial charge in [0, 0.05) is 52.0 Å². The molecule has 4 N–H and O–H groups in total. The van der Waals surface area contributed by atoms with E-state index in [1.54, 1.807) is 40.0 Å². The van der Waals surface area contributed by atoms with Gasteiger partial charge < -0.3 is 53.7 Å². The van der Waals surface area contributed by atoms with Crippen LogP contribution >= 0.6 is 0 Å². The Morgan fingerprint density at radius 2 is 1.56 bits per heavy atom. The van der Waals surface area contributed by atoms with Crippen LogP contribution < -0.4 is 0 Å². The molecule has 14 atom stereocenters. The van der Waals surface area contributed by atoms with Gasteiger partial charge in [-0.05, 0) is 95.5 Å². The van der Waals surface area contributed by atoms with Gasteiger partial charge in [0.2, 0.25) is 5.79 Å². The number of hydrogen-bond acceptors (Lipinski definition) is 14. The van der Waals surface area contributed by atoms with Crippen LogP contribution in [0, 0.1) is 29.6 Å². The minimum Gasteiger partial charge on any atom is -0.456 e. The predicted octanol–water partition coefficient (Wildman–Crippen LogP) is 3.77. The maximum Gasteiger partial charge on any atom is 0.329 e. The van der Waals surface area contributed by atoms with Crippen molar-refractivity contribution in [3.05, 3.63) is 35.5 Å². The number of piperidine rings is 1. The van der Waals surface area contributed by atoms with Crippen molar-refractivity contribution in [1.29, 1.82) is 0 Å². The lowest BCUT2D eigenvalue weighted by Crippen LogP contribution is -2.64. The Morgan fingerprint density at radius 1 is 0.887 bits per heavy atom. The van der Waals surface area contributed by atoms with E-state index in [-0.39, 0.29) is 69.2 Å². The van der Waals surface area contributed by atoms with Crippen LogP contribution in [0.4, 0.5) is 0 Å². The number of ketones is 2. The fourth-order valence-corrected chi connectivity index (χ4v) is 10.1. The molecule has 1 unspecified atom stereocenters. The number of carbonyl (C=O) groups is 4. The highest BCUT2D eigenvalue weighted by molar-refractivity contribution is 6.39. The zero-order valence-corrected chi connectivity index (χ0v) is 38.0. The number of fused-ring (bicyclic) bond motifs is 3. The summed E-state index contributed by atoms with van der Waals surface area (Å²) >= 11 is 0. The third kappa shape index (κ3) is 11.9. The molecule has 1 saturated carbocycles. The lowest BCUT2D eigenvalue weighted by Gasteiger charge is -2.47. The second kappa shape index (κ2) is 21.9. The number of nitrogens with zero attached hydrogens (tertiary/aromatic N) is 1. The Morgan fingerprint density at radius 3 is 2.21 bits per heavy atom. The molecule has 3 saturated heterocycles. The number of Topliss-reactive ketones (excluding diaryl/α,β-unsaturated/α-hetero) is 2. The first kappa shape index (κ1) is 50.1. The third-order valence-electron chi connectivity index (χ3n) is 14.0. The second-order valence-electron chi connectivity index (χ2n) is 19.0. The number of amides is 1. The number of ether oxygens (including phenoxy) is 6. The van der Waals surface area contributed by atoms with E-state index in [1.165, 1.54) is 19.1 Å². The van der Waals surface area contributed by atoms with Crippen molar-refractivity contribution >= 4 is 23.4 Å². The summed E-state index contributed by atoms with van der Waals surface area (Å²) in [6.07, 6.45) is 6.00. The number of cyclic esters (lactones) is 1. The van der Waals surface area contributed by atoms with Gasteiger partial charge in [-0.15, -0.1) is 0 Å². The maximum atomic E-state index is 14.4. The van der Waals surface area contributed by atoms with Crippen LogP contribution in [0.5, 0.6) is 0 Å². The molecule has 62 heavy (non-hydrogen) atoms. The number of esters is 1. The van der Waals surface area contributed by atoms with E-state index in [0.717, 1.165) is 5.57 Å². The third-order valence-corrected chi connectivity index (χ3v) is 14.0. The van der Waals surface area contributed by atoms with E-state index in [1.807, 2.05) is 26.0 Å². The molecule has 0 aromatic carbocycles. The Labute approximate surface area is 367 Å². The largest absolute Gasteiger partial charge is 0.456 e. The van der Waals surface area contributed by atoms with Gasteiger partial charge >= 0.3 is 5.97 Å². The molecule has 1 amide bonds. The quantitative estimate of drug-likeness (QED) is 0.156. The first-order valence-electron chi connectivity index (χ1n) is 22.6. The van der Waals surface area contributed by atoms with Crippen molar-refractivity contribution < 1.29 is 68.0 Å². The number of hydrogen-bond donors (Lipinski definition) is 4. The van der Waals surface area contributed by atoms with Crippen molar-refractivity contribution in [3.63, 3.8) is 0 Å². The zero-order valence-electron chi connectivity index (χ0n) is 38.0. The van der Waals surface area contributed by atoms with E-state index in [0.29, 0.717) is 50.5 Å². The predicted molar refractivity (Wildman–Crippen MR) is 227 cm³/mol. The summed E-state index contributed by atoms with van der Waals surface area (Å²) in [5.74, 6) is -8.17. The van der Waals surface area contributed by atoms with Crippen LogP contribution in [0.25, 0.3) is 0 Å². The Kier molecular flexibility index (Phi) is 17.7. The molecule has 1 aliphatic carbocycles. The minimum absolute atomic E-state index is 0.0384. The molecular weight excluding hydrogens is 803 g/mol. The summed E-state index contributed by atoms with van der Waals surface area (Å²) in [5, 5.41) is 45.1. The van der Waals surface area contributed by atoms with Gasteiger partial charge in [-0.25, -0.2) is 4.79 Å². The van der Waals surface area contributed by atoms with Crippen LogP contribution in [-0.2, 0) is 47.6 Å². The molecule has 5 rings (SSSR count). The first-order valence-corrected chi connectivity index (χ1v) is 22.6. The van der Waals surface area contributed by atoms with Gasteiger partial charge in [0.15, 0.2) is 0 Å². The van der Waals surface area contributed by atoms with Crippen LogP contribution in [0.15, 0.2) is 35.5 Å². The highest BCUT2D eigenvalue weighted by Gasteiger charge is 2.56. The second-order valence-corrected chi connectivity index (χ2v) is 19.0. The van der Waals surface area contributed by atoms with E-state index in [4.69, 9.17) is 28.4 Å². The monoisotopic (exact) mass is 876 g/mol. The molecule has 0 aromatic heterocycles. The van der Waals surface area contributed by atoms with Gasteiger partial charge in [0.05, 0.1) is 43.7 Å². The number of aliphatic hydroxyl groups is 4. The molecule has 0 spiro atoms. The summed E-state index contributed by atoms with van der Waals surface area (Å²) in [5.41, 5.74) is 0.439. The van der Waals surface area contributed by atoms with E-state index < -0.39 is 89.5 Å². The molecule has 0 radical (unpaired) electrons. The summed E-state index contributed by atoms with van der Waals surface area (Å²) in [6, 6.07) is -1.17. The Bertz CT molecular complexity index is 1660. The lowest BCUT2D eigenvalue weighted by atomic mass is 9.81.